The smallest absolute Gasteiger partial charge is 0.306 e. The van der Waals surface area contributed by atoms with Gasteiger partial charge in [0.25, 0.3) is 5.89 Å². The predicted molar refractivity (Wildman–Crippen MR) is 96.5 cm³/mol. The standard InChI is InChI=1S/C20H26N2O4/c1-24-17-12-6-5-11-16(17)20-21-18(26-22-20)14-25-19(23)13-7-10-15-8-3-2-4-9-15/h5-6,11-12,15H,2-4,7-10,13-14H2,1H3. The maximum Gasteiger partial charge on any atom is 0.306 e. The summed E-state index contributed by atoms with van der Waals surface area (Å²) >= 11 is 0. The second kappa shape index (κ2) is 9.36. The minimum Gasteiger partial charge on any atom is -0.496 e. The van der Waals surface area contributed by atoms with Gasteiger partial charge < -0.3 is 14.0 Å². The van der Waals surface area contributed by atoms with Crippen LogP contribution in [0.1, 0.15) is 57.3 Å². The highest BCUT2D eigenvalue weighted by Crippen LogP contribution is 2.28. The zero-order valence-corrected chi connectivity index (χ0v) is 15.3. The number of carbonyl (C=O) groups excluding carboxylic acids is 1. The summed E-state index contributed by atoms with van der Waals surface area (Å²) in [5.74, 6) is 1.95. The van der Waals surface area contributed by atoms with Gasteiger partial charge in [-0.05, 0) is 30.9 Å². The quantitative estimate of drug-likeness (QED) is 0.645. The van der Waals surface area contributed by atoms with Crippen LogP contribution in [-0.4, -0.2) is 23.2 Å². The summed E-state index contributed by atoms with van der Waals surface area (Å²) in [6.45, 7) is 0.00438. The lowest BCUT2D eigenvalue weighted by Gasteiger charge is -2.20. The van der Waals surface area contributed by atoms with Gasteiger partial charge in [0.1, 0.15) is 5.75 Å². The molecule has 1 aromatic carbocycles. The normalized spacial score (nSPS) is 15.0. The van der Waals surface area contributed by atoms with Crippen molar-refractivity contribution in [1.29, 1.82) is 0 Å². The van der Waals surface area contributed by atoms with Gasteiger partial charge in [-0.3, -0.25) is 4.79 Å². The maximum atomic E-state index is 11.9. The molecule has 1 fully saturated rings. The lowest BCUT2D eigenvalue weighted by Crippen LogP contribution is -2.09. The average molecular weight is 358 g/mol. The Balaban J connectivity index is 1.43. The van der Waals surface area contributed by atoms with Gasteiger partial charge in [0.05, 0.1) is 12.7 Å². The molecule has 6 nitrogen and oxygen atoms in total. The van der Waals surface area contributed by atoms with Crippen LogP contribution in [0.25, 0.3) is 11.4 Å². The zero-order valence-electron chi connectivity index (χ0n) is 15.3. The topological polar surface area (TPSA) is 74.5 Å². The number of rotatable bonds is 8. The summed E-state index contributed by atoms with van der Waals surface area (Å²) in [6, 6.07) is 7.43. The van der Waals surface area contributed by atoms with E-state index in [0.717, 1.165) is 24.3 Å². The van der Waals surface area contributed by atoms with Gasteiger partial charge in [0, 0.05) is 6.42 Å². The van der Waals surface area contributed by atoms with E-state index in [2.05, 4.69) is 10.1 Å². The number of carbonyl (C=O) groups is 1. The molecule has 1 heterocycles. The Hall–Kier alpha value is -2.37. The molecule has 0 spiro atoms. The van der Waals surface area contributed by atoms with E-state index in [1.165, 1.54) is 32.1 Å². The van der Waals surface area contributed by atoms with Crippen molar-refractivity contribution < 1.29 is 18.8 Å². The summed E-state index contributed by atoms with van der Waals surface area (Å²) in [6.07, 6.45) is 9.10. The highest BCUT2D eigenvalue weighted by atomic mass is 16.6. The molecule has 0 N–H and O–H groups in total. The minimum absolute atomic E-state index is 0.00438. The summed E-state index contributed by atoms with van der Waals surface area (Å²) in [4.78, 5) is 16.2. The van der Waals surface area contributed by atoms with Gasteiger partial charge in [0.2, 0.25) is 5.82 Å². The molecule has 0 saturated heterocycles. The van der Waals surface area contributed by atoms with Crippen molar-refractivity contribution in [3.63, 3.8) is 0 Å². The first-order valence-corrected chi connectivity index (χ1v) is 9.38. The molecule has 2 aromatic rings. The summed E-state index contributed by atoms with van der Waals surface area (Å²) in [7, 11) is 1.59. The highest BCUT2D eigenvalue weighted by molar-refractivity contribution is 5.69. The maximum absolute atomic E-state index is 11.9. The largest absolute Gasteiger partial charge is 0.496 e. The van der Waals surface area contributed by atoms with Gasteiger partial charge in [-0.15, -0.1) is 0 Å². The number of methoxy groups -OCH3 is 1. The fourth-order valence-electron chi connectivity index (χ4n) is 3.48. The minimum atomic E-state index is -0.210. The van der Waals surface area contributed by atoms with Crippen molar-refractivity contribution in [1.82, 2.24) is 10.1 Å². The lowest BCUT2D eigenvalue weighted by molar-refractivity contribution is -0.145. The fraction of sp³-hybridized carbons (Fsp3) is 0.550. The molecule has 1 aromatic heterocycles. The Kier molecular flexibility index (Phi) is 6.63. The van der Waals surface area contributed by atoms with Crippen LogP contribution in [0, 0.1) is 5.92 Å². The summed E-state index contributed by atoms with van der Waals surface area (Å²) in [5, 5.41) is 3.94. The molecule has 1 aliphatic carbocycles. The van der Waals surface area contributed by atoms with E-state index in [1.807, 2.05) is 24.3 Å². The number of hydrogen-bond acceptors (Lipinski definition) is 6. The van der Waals surface area contributed by atoms with Crippen LogP contribution >= 0.6 is 0 Å². The van der Waals surface area contributed by atoms with Gasteiger partial charge >= 0.3 is 5.97 Å². The number of benzene rings is 1. The van der Waals surface area contributed by atoms with Crippen molar-refractivity contribution >= 4 is 5.97 Å². The SMILES string of the molecule is COc1ccccc1-c1noc(COC(=O)CCCC2CCCCC2)n1. The first kappa shape index (κ1) is 18.4. The number of aromatic nitrogens is 2. The fourth-order valence-corrected chi connectivity index (χ4v) is 3.48. The molecule has 6 heteroatoms. The number of hydrogen-bond donors (Lipinski definition) is 0. The molecule has 1 aliphatic rings. The lowest BCUT2D eigenvalue weighted by atomic mass is 9.86. The van der Waals surface area contributed by atoms with Crippen LogP contribution in [0.15, 0.2) is 28.8 Å². The first-order valence-electron chi connectivity index (χ1n) is 9.38. The van der Waals surface area contributed by atoms with Crippen molar-refractivity contribution in [2.75, 3.05) is 7.11 Å². The van der Waals surface area contributed by atoms with E-state index in [4.69, 9.17) is 14.0 Å². The third-order valence-electron chi connectivity index (χ3n) is 4.89. The van der Waals surface area contributed by atoms with Crippen LogP contribution in [0.2, 0.25) is 0 Å². The zero-order chi connectivity index (χ0) is 18.2. The Morgan fingerprint density at radius 3 is 2.85 bits per heavy atom. The van der Waals surface area contributed by atoms with Crippen molar-refractivity contribution in [3.8, 4) is 17.1 Å². The number of nitrogens with zero attached hydrogens (tertiary/aromatic N) is 2. The summed E-state index contributed by atoms with van der Waals surface area (Å²) in [5.41, 5.74) is 0.740. The van der Waals surface area contributed by atoms with Gasteiger partial charge in [0.15, 0.2) is 6.61 Å². The molecule has 140 valence electrons. The summed E-state index contributed by atoms with van der Waals surface area (Å²) < 4.78 is 15.7. The number of esters is 1. The molecule has 3 rings (SSSR count). The highest BCUT2D eigenvalue weighted by Gasteiger charge is 2.16. The van der Waals surface area contributed by atoms with Gasteiger partial charge in [-0.25, -0.2) is 0 Å². The second-order valence-electron chi connectivity index (χ2n) is 6.77. The molecule has 0 atom stereocenters. The second-order valence-corrected chi connectivity index (χ2v) is 6.77. The Morgan fingerprint density at radius 1 is 1.23 bits per heavy atom. The number of ether oxygens (including phenoxy) is 2. The molecular formula is C20H26N2O4. The third-order valence-corrected chi connectivity index (χ3v) is 4.89. The van der Waals surface area contributed by atoms with E-state index in [-0.39, 0.29) is 18.5 Å². The van der Waals surface area contributed by atoms with Crippen molar-refractivity contribution in [2.24, 2.45) is 5.92 Å². The predicted octanol–water partition coefficient (Wildman–Crippen LogP) is 4.54. The van der Waals surface area contributed by atoms with Crippen LogP contribution in [0.3, 0.4) is 0 Å². The molecule has 0 radical (unpaired) electrons. The molecule has 0 amide bonds. The molecule has 0 bridgehead atoms. The van der Waals surface area contributed by atoms with E-state index in [0.29, 0.717) is 18.0 Å². The molecule has 26 heavy (non-hydrogen) atoms. The molecular weight excluding hydrogens is 332 g/mol. The first-order chi connectivity index (χ1) is 12.8. The van der Waals surface area contributed by atoms with Crippen LogP contribution < -0.4 is 4.74 Å². The van der Waals surface area contributed by atoms with E-state index < -0.39 is 0 Å². The van der Waals surface area contributed by atoms with Crippen LogP contribution in [0.4, 0.5) is 0 Å². The third kappa shape index (κ3) is 5.07. The van der Waals surface area contributed by atoms with E-state index in [1.54, 1.807) is 7.11 Å². The van der Waals surface area contributed by atoms with Crippen LogP contribution in [-0.2, 0) is 16.1 Å². The van der Waals surface area contributed by atoms with Crippen molar-refractivity contribution in [2.45, 2.75) is 58.0 Å². The Morgan fingerprint density at radius 2 is 2.04 bits per heavy atom. The Bertz CT molecular complexity index is 707. The van der Waals surface area contributed by atoms with Crippen LogP contribution in [0.5, 0.6) is 5.75 Å². The monoisotopic (exact) mass is 358 g/mol. The van der Waals surface area contributed by atoms with Crippen molar-refractivity contribution in [3.05, 3.63) is 30.2 Å². The Labute approximate surface area is 153 Å². The molecule has 0 unspecified atom stereocenters. The number of para-hydroxylation sites is 1. The van der Waals surface area contributed by atoms with Gasteiger partial charge in [-0.1, -0.05) is 49.4 Å². The van der Waals surface area contributed by atoms with Gasteiger partial charge in [-0.2, -0.15) is 4.98 Å². The van der Waals surface area contributed by atoms with E-state index >= 15 is 0 Å². The average Bonchev–Trinajstić information content (AvgIpc) is 3.16. The molecule has 1 saturated carbocycles. The molecule has 0 aliphatic heterocycles. The van der Waals surface area contributed by atoms with E-state index in [9.17, 15) is 4.79 Å².